The van der Waals surface area contributed by atoms with E-state index in [1.54, 1.807) is 0 Å². The molecule has 0 N–H and O–H groups in total. The molecule has 0 aliphatic rings. The first kappa shape index (κ1) is 41.4. The molecular weight excluding hydrogens is 805 g/mol. The summed E-state index contributed by atoms with van der Waals surface area (Å²) >= 11 is 0. The van der Waals surface area contributed by atoms with Gasteiger partial charge in [-0.3, -0.25) is 0 Å². The summed E-state index contributed by atoms with van der Waals surface area (Å²) in [7, 11) is 0. The predicted molar refractivity (Wildman–Crippen MR) is 282 cm³/mol. The summed E-state index contributed by atoms with van der Waals surface area (Å²) < 4.78 is 13.7. The van der Waals surface area contributed by atoms with E-state index in [0.29, 0.717) is 11.8 Å². The van der Waals surface area contributed by atoms with E-state index in [2.05, 4.69) is 225 Å². The largest absolute Gasteiger partial charge is 0.452 e. The lowest BCUT2D eigenvalue weighted by molar-refractivity contribution is 0.634. The molecule has 2 aromatic heterocycles. The number of benzene rings is 9. The molecule has 9 aromatic carbocycles. The van der Waals surface area contributed by atoms with Crippen LogP contribution in [0, 0.1) is 41.5 Å². The molecule has 4 heteroatoms. The molecule has 0 fully saturated rings. The van der Waals surface area contributed by atoms with Crippen LogP contribution >= 0.6 is 0 Å². The third-order valence-electron chi connectivity index (χ3n) is 14.1. The molecule has 0 aliphatic carbocycles. The fourth-order valence-corrected chi connectivity index (χ4v) is 10.5. The van der Waals surface area contributed by atoms with Crippen LogP contribution in [0.2, 0.25) is 0 Å². The third kappa shape index (κ3) is 6.73. The maximum absolute atomic E-state index is 6.85. The van der Waals surface area contributed by atoms with Gasteiger partial charge in [0.25, 0.3) is 0 Å². The highest BCUT2D eigenvalue weighted by Gasteiger charge is 2.23. The zero-order valence-corrected chi connectivity index (χ0v) is 39.7. The lowest BCUT2D eigenvalue weighted by Gasteiger charge is -2.30. The molecule has 0 amide bonds. The number of hydrogen-bond acceptors (Lipinski definition) is 4. The Bertz CT molecular complexity index is 3460. The molecule has 0 bridgehead atoms. The van der Waals surface area contributed by atoms with Crippen molar-refractivity contribution in [3.63, 3.8) is 0 Å². The second kappa shape index (κ2) is 15.7. The van der Waals surface area contributed by atoms with Gasteiger partial charge < -0.3 is 18.6 Å². The van der Waals surface area contributed by atoms with Gasteiger partial charge in [0.05, 0.1) is 11.4 Å². The Kier molecular flexibility index (Phi) is 9.85. The Morgan fingerprint density at radius 2 is 0.742 bits per heavy atom. The van der Waals surface area contributed by atoms with E-state index in [-0.39, 0.29) is 0 Å². The first-order valence-corrected chi connectivity index (χ1v) is 23.5. The van der Waals surface area contributed by atoms with Gasteiger partial charge in [-0.25, -0.2) is 0 Å². The van der Waals surface area contributed by atoms with Crippen molar-refractivity contribution in [1.29, 1.82) is 0 Å². The fraction of sp³-hybridized carbons (Fsp3) is 0.194. The molecule has 0 atom stereocenters. The Balaban J connectivity index is 1.03. The van der Waals surface area contributed by atoms with Gasteiger partial charge in [-0.1, -0.05) is 100 Å². The van der Waals surface area contributed by atoms with Gasteiger partial charge in [0.1, 0.15) is 11.2 Å². The number of rotatable bonds is 8. The molecule has 0 unspecified atom stereocenters. The Labute approximate surface area is 387 Å². The average Bonchev–Trinajstić information content (AvgIpc) is 3.84. The van der Waals surface area contributed by atoms with E-state index < -0.39 is 0 Å². The number of fused-ring (bicyclic) bond motifs is 9. The van der Waals surface area contributed by atoms with Crippen LogP contribution in [0.5, 0.6) is 0 Å². The van der Waals surface area contributed by atoms with Gasteiger partial charge in [-0.2, -0.15) is 0 Å². The van der Waals surface area contributed by atoms with Crippen molar-refractivity contribution in [3.8, 4) is 0 Å². The molecule has 326 valence electrons. The number of furan rings is 2. The van der Waals surface area contributed by atoms with E-state index in [0.717, 1.165) is 76.8 Å². The zero-order chi connectivity index (χ0) is 45.7. The molecule has 11 aromatic rings. The Hall–Kier alpha value is -7.30. The second-order valence-corrected chi connectivity index (χ2v) is 19.3. The predicted octanol–water partition coefficient (Wildman–Crippen LogP) is 18.8. The number of hydrogen-bond donors (Lipinski definition) is 0. The standard InChI is InChI=1S/C62H56N2O2/c1-35(2)43-19-25-55(41(9)27-43)63(59-37(5)13-11-14-38(59)6)49-21-17-45-31-53-51-23-24-52-54-32-46-18-22-50(30-48(46)34-58(54)66-62(52)61(51)65-57(53)33-47(45)29-49)64(60-39(7)15-12-16-40(60)8)56-26-20-44(36(3)4)28-42(56)10/h11-36H,1-10H3. The molecule has 4 nitrogen and oxygen atoms in total. The molecule has 11 rings (SSSR count). The van der Waals surface area contributed by atoms with Gasteiger partial charge in [-0.05, 0) is 192 Å². The van der Waals surface area contributed by atoms with E-state index in [1.807, 2.05) is 0 Å². The minimum atomic E-state index is 0.459. The van der Waals surface area contributed by atoms with E-state index in [4.69, 9.17) is 8.83 Å². The molecule has 0 spiro atoms. The van der Waals surface area contributed by atoms with Crippen molar-refractivity contribution in [3.05, 3.63) is 190 Å². The third-order valence-corrected chi connectivity index (χ3v) is 14.1. The maximum atomic E-state index is 6.85. The normalized spacial score (nSPS) is 12.1. The van der Waals surface area contributed by atoms with Gasteiger partial charge >= 0.3 is 0 Å². The van der Waals surface area contributed by atoms with Gasteiger partial charge in [0, 0.05) is 44.3 Å². The summed E-state index contributed by atoms with van der Waals surface area (Å²) in [5.41, 5.74) is 20.4. The number of nitrogens with zero attached hydrogens (tertiary/aromatic N) is 2. The van der Waals surface area contributed by atoms with Crippen LogP contribution in [-0.4, -0.2) is 0 Å². The highest BCUT2D eigenvalue weighted by atomic mass is 16.4. The van der Waals surface area contributed by atoms with Gasteiger partial charge in [0.2, 0.25) is 0 Å². The van der Waals surface area contributed by atoms with Crippen LogP contribution in [0.1, 0.15) is 84.0 Å². The summed E-state index contributed by atoms with van der Waals surface area (Å²) in [6.07, 6.45) is 0. The van der Waals surface area contributed by atoms with Gasteiger partial charge in [-0.15, -0.1) is 0 Å². The highest BCUT2D eigenvalue weighted by Crippen LogP contribution is 2.46. The van der Waals surface area contributed by atoms with Crippen molar-refractivity contribution in [2.45, 2.75) is 81.1 Å². The number of aryl methyl sites for hydroxylation is 6. The minimum absolute atomic E-state index is 0.459. The van der Waals surface area contributed by atoms with Crippen molar-refractivity contribution >= 4 is 99.5 Å². The summed E-state index contributed by atoms with van der Waals surface area (Å²) in [6, 6.07) is 54.0. The Morgan fingerprint density at radius 3 is 1.11 bits per heavy atom. The van der Waals surface area contributed by atoms with Gasteiger partial charge in [0.15, 0.2) is 11.2 Å². The van der Waals surface area contributed by atoms with Crippen LogP contribution in [0.25, 0.3) is 65.4 Å². The average molecular weight is 861 g/mol. The molecule has 0 saturated carbocycles. The molecule has 0 aliphatic heterocycles. The van der Waals surface area contributed by atoms with Crippen molar-refractivity contribution in [1.82, 2.24) is 0 Å². The molecule has 2 heterocycles. The number of anilines is 6. The number of para-hydroxylation sites is 2. The first-order valence-electron chi connectivity index (χ1n) is 23.5. The monoisotopic (exact) mass is 860 g/mol. The van der Waals surface area contributed by atoms with E-state index in [9.17, 15) is 0 Å². The van der Waals surface area contributed by atoms with Crippen LogP contribution in [0.3, 0.4) is 0 Å². The van der Waals surface area contributed by atoms with Crippen LogP contribution < -0.4 is 9.80 Å². The smallest absolute Gasteiger partial charge is 0.178 e. The van der Waals surface area contributed by atoms with Crippen molar-refractivity contribution in [2.75, 3.05) is 9.80 Å². The van der Waals surface area contributed by atoms with Crippen molar-refractivity contribution < 1.29 is 8.83 Å². The second-order valence-electron chi connectivity index (χ2n) is 19.3. The lowest BCUT2D eigenvalue weighted by Crippen LogP contribution is -2.14. The SMILES string of the molecule is Cc1cc(C(C)C)ccc1N(c1ccc2cc3c(cc2c1)oc1c3ccc2c3cc4ccc(N(c5ccc(C(C)C)cc5C)c5c(C)cccc5C)cc4cc3oc21)c1c(C)cccc1C. The maximum Gasteiger partial charge on any atom is 0.178 e. The van der Waals surface area contributed by atoms with Crippen LogP contribution in [0.4, 0.5) is 34.1 Å². The molecule has 0 radical (unpaired) electrons. The fourth-order valence-electron chi connectivity index (χ4n) is 10.5. The summed E-state index contributed by atoms with van der Waals surface area (Å²) in [6.45, 7) is 22.3. The van der Waals surface area contributed by atoms with Crippen LogP contribution in [0.15, 0.2) is 154 Å². The van der Waals surface area contributed by atoms with E-state index in [1.165, 1.54) is 67.3 Å². The molecular formula is C62H56N2O2. The highest BCUT2D eigenvalue weighted by molar-refractivity contribution is 6.21. The van der Waals surface area contributed by atoms with Crippen LogP contribution in [-0.2, 0) is 0 Å². The van der Waals surface area contributed by atoms with E-state index >= 15 is 0 Å². The molecule has 0 saturated heterocycles. The quantitative estimate of drug-likeness (QED) is 0.152. The summed E-state index contributed by atoms with van der Waals surface area (Å²) in [5, 5.41) is 8.83. The topological polar surface area (TPSA) is 32.8 Å². The Morgan fingerprint density at radius 1 is 0.348 bits per heavy atom. The summed E-state index contributed by atoms with van der Waals surface area (Å²) in [5.74, 6) is 0.918. The minimum Gasteiger partial charge on any atom is -0.452 e. The zero-order valence-electron chi connectivity index (χ0n) is 39.7. The summed E-state index contributed by atoms with van der Waals surface area (Å²) in [4.78, 5) is 4.87. The first-order chi connectivity index (χ1) is 31.8. The lowest BCUT2D eigenvalue weighted by atomic mass is 9.98. The molecule has 66 heavy (non-hydrogen) atoms. The van der Waals surface area contributed by atoms with Crippen molar-refractivity contribution in [2.24, 2.45) is 0 Å².